The van der Waals surface area contributed by atoms with Crippen LogP contribution in [0.5, 0.6) is 0 Å². The molecule has 0 aliphatic carbocycles. The predicted octanol–water partition coefficient (Wildman–Crippen LogP) is 3.44. The lowest BCUT2D eigenvalue weighted by atomic mass is 9.95. The zero-order valence-corrected chi connectivity index (χ0v) is 23.1. The van der Waals surface area contributed by atoms with Crippen molar-refractivity contribution in [3.63, 3.8) is 0 Å². The normalized spacial score (nSPS) is 25.7. The SMILES string of the molecule is CCC[C@H]1C(=O)N(S(=O)(=O)c2ccc3ccccc3c2)[C@H]2CCN(S(=O)(=O)CCCN3CCCCC3)[C@H]12. The van der Waals surface area contributed by atoms with Gasteiger partial charge in [0.15, 0.2) is 0 Å². The topological polar surface area (TPSA) is 95.1 Å². The van der Waals surface area contributed by atoms with Crippen LogP contribution in [0.15, 0.2) is 47.4 Å². The van der Waals surface area contributed by atoms with E-state index in [1.54, 1.807) is 12.1 Å². The molecule has 1 amide bonds. The molecule has 0 unspecified atom stereocenters. The van der Waals surface area contributed by atoms with Crippen LogP contribution in [-0.4, -0.2) is 80.3 Å². The molecular formula is C27H37N3O5S2. The molecule has 3 heterocycles. The number of nitrogens with zero attached hydrogens (tertiary/aromatic N) is 3. The van der Waals surface area contributed by atoms with Crippen LogP contribution < -0.4 is 0 Å². The quantitative estimate of drug-likeness (QED) is 0.477. The first-order valence-electron chi connectivity index (χ1n) is 13.5. The lowest BCUT2D eigenvalue weighted by Crippen LogP contribution is -2.44. The summed E-state index contributed by atoms with van der Waals surface area (Å²) in [7, 11) is -7.75. The molecule has 2 aromatic rings. The first-order valence-corrected chi connectivity index (χ1v) is 16.6. The summed E-state index contributed by atoms with van der Waals surface area (Å²) < 4.78 is 57.1. The van der Waals surface area contributed by atoms with Crippen molar-refractivity contribution in [1.82, 2.24) is 13.5 Å². The number of amides is 1. The van der Waals surface area contributed by atoms with Crippen LogP contribution in [0.4, 0.5) is 0 Å². The average molecular weight is 548 g/mol. The smallest absolute Gasteiger partial charge is 0.266 e. The number of carbonyl (C=O) groups excluding carboxylic acids is 1. The van der Waals surface area contributed by atoms with E-state index in [9.17, 15) is 21.6 Å². The molecule has 0 bridgehead atoms. The highest BCUT2D eigenvalue weighted by Crippen LogP contribution is 2.43. The van der Waals surface area contributed by atoms with E-state index in [4.69, 9.17) is 0 Å². The van der Waals surface area contributed by atoms with E-state index >= 15 is 0 Å². The average Bonchev–Trinajstić information content (AvgIpc) is 3.43. The van der Waals surface area contributed by atoms with Gasteiger partial charge in [-0.1, -0.05) is 50.1 Å². The number of likely N-dealkylation sites (tertiary alicyclic amines) is 1. The number of piperidine rings is 1. The fourth-order valence-electron chi connectivity index (χ4n) is 6.41. The molecule has 3 fully saturated rings. The van der Waals surface area contributed by atoms with E-state index in [1.807, 2.05) is 31.2 Å². The summed E-state index contributed by atoms with van der Waals surface area (Å²) in [5, 5.41) is 1.69. The van der Waals surface area contributed by atoms with E-state index in [-0.39, 0.29) is 17.2 Å². The van der Waals surface area contributed by atoms with Crippen molar-refractivity contribution in [2.75, 3.05) is 31.9 Å². The molecule has 0 N–H and O–H groups in total. The first-order chi connectivity index (χ1) is 17.7. The molecule has 3 atom stereocenters. The minimum Gasteiger partial charge on any atom is -0.303 e. The highest BCUT2D eigenvalue weighted by molar-refractivity contribution is 7.90. The zero-order chi connectivity index (χ0) is 26.2. The second-order valence-corrected chi connectivity index (χ2v) is 14.4. The Bertz CT molecular complexity index is 1360. The summed E-state index contributed by atoms with van der Waals surface area (Å²) >= 11 is 0. The first kappa shape index (κ1) is 26.6. The molecule has 37 heavy (non-hydrogen) atoms. The molecule has 0 radical (unpaired) electrons. The van der Waals surface area contributed by atoms with Crippen LogP contribution in [0.25, 0.3) is 10.8 Å². The summed E-state index contributed by atoms with van der Waals surface area (Å²) in [5.74, 6) is -1.10. The van der Waals surface area contributed by atoms with Crippen LogP contribution in [0, 0.1) is 5.92 Å². The van der Waals surface area contributed by atoms with Gasteiger partial charge in [0.2, 0.25) is 15.9 Å². The zero-order valence-electron chi connectivity index (χ0n) is 21.5. The van der Waals surface area contributed by atoms with Crippen LogP contribution in [0.1, 0.15) is 51.9 Å². The number of sulfonamides is 2. The second kappa shape index (κ2) is 10.6. The fourth-order valence-corrected chi connectivity index (χ4v) is 9.88. The lowest BCUT2D eigenvalue weighted by Gasteiger charge is -2.28. The van der Waals surface area contributed by atoms with Crippen LogP contribution >= 0.6 is 0 Å². The Morgan fingerprint density at radius 2 is 1.65 bits per heavy atom. The minimum atomic E-state index is -4.13. The van der Waals surface area contributed by atoms with E-state index < -0.39 is 44.0 Å². The Hall–Kier alpha value is -2.01. The fraction of sp³-hybridized carbons (Fsp3) is 0.593. The molecule has 0 spiro atoms. The van der Waals surface area contributed by atoms with Gasteiger partial charge >= 0.3 is 0 Å². The number of benzene rings is 2. The molecule has 10 heteroatoms. The summed E-state index contributed by atoms with van der Waals surface area (Å²) in [6, 6.07) is 11.1. The molecule has 202 valence electrons. The second-order valence-electron chi connectivity index (χ2n) is 10.6. The van der Waals surface area contributed by atoms with Crippen molar-refractivity contribution < 1.29 is 21.6 Å². The van der Waals surface area contributed by atoms with E-state index in [0.717, 1.165) is 47.6 Å². The van der Waals surface area contributed by atoms with Crippen LogP contribution in [0.2, 0.25) is 0 Å². The van der Waals surface area contributed by atoms with Crippen molar-refractivity contribution in [3.05, 3.63) is 42.5 Å². The lowest BCUT2D eigenvalue weighted by molar-refractivity contribution is -0.128. The van der Waals surface area contributed by atoms with E-state index in [0.29, 0.717) is 25.7 Å². The number of rotatable bonds is 9. The molecule has 3 aliphatic rings. The Morgan fingerprint density at radius 1 is 0.919 bits per heavy atom. The van der Waals surface area contributed by atoms with E-state index in [1.165, 1.54) is 16.8 Å². The van der Waals surface area contributed by atoms with Gasteiger partial charge in [0.25, 0.3) is 10.0 Å². The number of fused-ring (bicyclic) bond motifs is 2. The Labute approximate surface area is 220 Å². The van der Waals surface area contributed by atoms with E-state index in [2.05, 4.69) is 4.90 Å². The van der Waals surface area contributed by atoms with Gasteiger partial charge in [-0.3, -0.25) is 4.79 Å². The maximum Gasteiger partial charge on any atom is 0.266 e. The van der Waals surface area contributed by atoms with Gasteiger partial charge in [0, 0.05) is 6.54 Å². The van der Waals surface area contributed by atoms with Gasteiger partial charge in [-0.05, 0) is 74.6 Å². The highest BCUT2D eigenvalue weighted by Gasteiger charge is 2.59. The number of hydrogen-bond donors (Lipinski definition) is 0. The van der Waals surface area contributed by atoms with Crippen molar-refractivity contribution in [3.8, 4) is 0 Å². The third-order valence-electron chi connectivity index (χ3n) is 8.18. The van der Waals surface area contributed by atoms with Gasteiger partial charge < -0.3 is 4.90 Å². The monoisotopic (exact) mass is 547 g/mol. The number of hydrogen-bond acceptors (Lipinski definition) is 6. The molecule has 5 rings (SSSR count). The summed E-state index contributed by atoms with van der Waals surface area (Å²) in [4.78, 5) is 16.0. The molecular weight excluding hydrogens is 510 g/mol. The van der Waals surface area contributed by atoms with Crippen molar-refractivity contribution in [2.24, 2.45) is 5.92 Å². The van der Waals surface area contributed by atoms with Gasteiger partial charge in [-0.15, -0.1) is 0 Å². The third-order valence-corrected chi connectivity index (χ3v) is 11.9. The Balaban J connectivity index is 1.39. The highest BCUT2D eigenvalue weighted by atomic mass is 32.2. The van der Waals surface area contributed by atoms with Gasteiger partial charge in [0.05, 0.1) is 28.6 Å². The van der Waals surface area contributed by atoms with Crippen molar-refractivity contribution in [2.45, 2.75) is 68.8 Å². The third kappa shape index (κ3) is 5.05. The largest absolute Gasteiger partial charge is 0.303 e. The van der Waals surface area contributed by atoms with Crippen molar-refractivity contribution in [1.29, 1.82) is 0 Å². The Kier molecular flexibility index (Phi) is 7.64. The van der Waals surface area contributed by atoms with Gasteiger partial charge in [-0.2, -0.15) is 4.31 Å². The van der Waals surface area contributed by atoms with Gasteiger partial charge in [-0.25, -0.2) is 21.1 Å². The van der Waals surface area contributed by atoms with Gasteiger partial charge in [0.1, 0.15) is 0 Å². The molecule has 8 nitrogen and oxygen atoms in total. The summed E-state index contributed by atoms with van der Waals surface area (Å²) in [6.07, 6.45) is 5.55. The van der Waals surface area contributed by atoms with Crippen LogP contribution in [0.3, 0.4) is 0 Å². The summed E-state index contributed by atoms with van der Waals surface area (Å²) in [6.45, 7) is 4.97. The molecule has 3 aliphatic heterocycles. The molecule has 0 aromatic heterocycles. The summed E-state index contributed by atoms with van der Waals surface area (Å²) in [5.41, 5.74) is 0. The van der Waals surface area contributed by atoms with Crippen LogP contribution in [-0.2, 0) is 24.8 Å². The number of carbonyl (C=O) groups is 1. The molecule has 0 saturated carbocycles. The predicted molar refractivity (Wildman–Crippen MR) is 144 cm³/mol. The molecule has 2 aromatic carbocycles. The Morgan fingerprint density at radius 3 is 2.38 bits per heavy atom. The maximum atomic E-state index is 13.8. The van der Waals surface area contributed by atoms with Crippen molar-refractivity contribution >= 4 is 36.7 Å². The standard InChI is InChI=1S/C27H37N3O5S2/c1-2-9-24-26-25(14-18-29(26)36(32,33)19-8-17-28-15-6-3-7-16-28)30(27(24)31)37(34,35)23-13-12-21-10-4-5-11-22(21)20-23/h4-5,10-13,20,24-26H,2-3,6-9,14-19H2,1H3/t24-,25+,26-/m1/s1. The minimum absolute atomic E-state index is 0.0250. The molecule has 3 saturated heterocycles. The maximum absolute atomic E-state index is 13.8.